The van der Waals surface area contributed by atoms with Crippen LogP contribution in [0.3, 0.4) is 0 Å². The monoisotopic (exact) mass is 372 g/mol. The Morgan fingerprint density at radius 1 is 1.17 bits per heavy atom. The number of guanidine groups is 1. The number of nitrogens with zero attached hydrogens (tertiary/aromatic N) is 1. The summed E-state index contributed by atoms with van der Waals surface area (Å²) in [5.41, 5.74) is 12.1. The Kier molecular flexibility index (Phi) is 7.68. The average Bonchev–Trinajstić information content (AvgIpc) is 2.47. The average molecular weight is 374 g/mol. The van der Waals surface area contributed by atoms with E-state index < -0.39 is 0 Å². The molecule has 0 atom stereocenters. The van der Waals surface area contributed by atoms with E-state index in [-0.39, 0.29) is 18.4 Å². The van der Waals surface area contributed by atoms with Crippen LogP contribution in [0.15, 0.2) is 47.6 Å². The highest BCUT2D eigenvalue weighted by molar-refractivity contribution is 6.34. The van der Waals surface area contributed by atoms with Crippen LogP contribution in [-0.4, -0.2) is 12.2 Å². The lowest BCUT2D eigenvalue weighted by atomic mass is 10.2. The smallest absolute Gasteiger partial charge is 0.256 e. The number of rotatable bonds is 5. The molecule has 2 rings (SSSR count). The van der Waals surface area contributed by atoms with Crippen molar-refractivity contribution in [2.24, 2.45) is 16.6 Å². The molecular formula is C15H15Cl3N4O. The lowest BCUT2D eigenvalue weighted by Crippen LogP contribution is -3.00. The molecule has 5 nitrogen and oxygen atoms in total. The number of hydrazone groups is 1. The maximum atomic E-state index is 6.29. The number of ether oxygens (including phenoxy) is 1. The van der Waals surface area contributed by atoms with Crippen molar-refractivity contribution in [3.05, 3.63) is 63.6 Å². The molecule has 0 fully saturated rings. The minimum absolute atomic E-state index is 0. The van der Waals surface area contributed by atoms with Gasteiger partial charge in [-0.25, -0.2) is 0 Å². The van der Waals surface area contributed by atoms with E-state index in [2.05, 4.69) is 10.2 Å². The predicted molar refractivity (Wildman–Crippen MR) is 89.2 cm³/mol. The zero-order valence-electron chi connectivity index (χ0n) is 12.0. The molecule has 0 radical (unpaired) electrons. The van der Waals surface area contributed by atoms with Crippen LogP contribution in [-0.2, 0) is 6.61 Å². The molecule has 0 spiro atoms. The van der Waals surface area contributed by atoms with E-state index in [1.165, 1.54) is 0 Å². The van der Waals surface area contributed by atoms with Crippen LogP contribution in [0.4, 0.5) is 0 Å². The summed E-state index contributed by atoms with van der Waals surface area (Å²) in [5.74, 6) is 0.489. The van der Waals surface area contributed by atoms with Crippen molar-refractivity contribution in [1.29, 1.82) is 0 Å². The summed E-state index contributed by atoms with van der Waals surface area (Å²) < 4.78 is 5.72. The summed E-state index contributed by atoms with van der Waals surface area (Å²) in [6, 6.07) is 12.9. The largest absolute Gasteiger partial charge is 1.00 e. The molecule has 0 aliphatic carbocycles. The first-order valence-electron chi connectivity index (χ1n) is 6.39. The number of nitrogens with one attached hydrogen (secondary N) is 1. The Labute approximate surface area is 150 Å². The molecule has 2 aromatic carbocycles. The van der Waals surface area contributed by atoms with Crippen molar-refractivity contribution in [2.45, 2.75) is 6.61 Å². The van der Waals surface area contributed by atoms with Crippen molar-refractivity contribution in [1.82, 2.24) is 0 Å². The van der Waals surface area contributed by atoms with E-state index >= 15 is 0 Å². The molecule has 0 bridgehead atoms. The highest BCUT2D eigenvalue weighted by atomic mass is 35.5. The third kappa shape index (κ3) is 5.98. The number of halogens is 3. The zero-order chi connectivity index (χ0) is 15.9. The standard InChI is InChI=1S/C15H14Cl2N4O.ClH/c16-12-5-1-3-10(7-12)9-22-13-6-2-4-11(14(13)17)8-20-21-15(18)19;/h1-8H,9H2,(H4,18,19,21);1H/b20-8+;. The van der Waals surface area contributed by atoms with Crippen molar-refractivity contribution >= 4 is 35.4 Å². The molecule has 0 heterocycles. The van der Waals surface area contributed by atoms with Crippen LogP contribution in [0, 0.1) is 0 Å². The van der Waals surface area contributed by atoms with Gasteiger partial charge in [0.1, 0.15) is 12.4 Å². The molecule has 0 aromatic heterocycles. The van der Waals surface area contributed by atoms with Crippen LogP contribution in [0.2, 0.25) is 10.0 Å². The van der Waals surface area contributed by atoms with Crippen LogP contribution in [0.5, 0.6) is 5.75 Å². The quantitative estimate of drug-likeness (QED) is 0.330. The fourth-order valence-electron chi connectivity index (χ4n) is 1.71. The normalized spacial score (nSPS) is 10.2. The van der Waals surface area contributed by atoms with Crippen LogP contribution in [0.25, 0.3) is 0 Å². The Bertz CT molecular complexity index is 716. The maximum Gasteiger partial charge on any atom is 0.256 e. The molecular weight excluding hydrogens is 359 g/mol. The van der Waals surface area contributed by atoms with Crippen LogP contribution >= 0.6 is 23.2 Å². The second-order valence-electron chi connectivity index (χ2n) is 4.39. The molecule has 0 aliphatic heterocycles. The first kappa shape index (κ1) is 19.1. The van der Waals surface area contributed by atoms with Crippen molar-refractivity contribution < 1.29 is 22.2 Å². The maximum absolute atomic E-state index is 6.29. The summed E-state index contributed by atoms with van der Waals surface area (Å²) in [6.45, 7) is 0.366. The second-order valence-corrected chi connectivity index (χ2v) is 5.20. The van der Waals surface area contributed by atoms with Gasteiger partial charge >= 0.3 is 0 Å². The number of nitrogens with two attached hydrogens (primary N) is 2. The third-order valence-electron chi connectivity index (χ3n) is 2.69. The molecule has 0 aliphatic rings. The van der Waals surface area contributed by atoms with Gasteiger partial charge in [0, 0.05) is 10.1 Å². The molecule has 5 N–H and O–H groups in total. The van der Waals surface area contributed by atoms with Gasteiger partial charge in [0.25, 0.3) is 5.96 Å². The van der Waals surface area contributed by atoms with E-state index in [1.54, 1.807) is 12.3 Å². The summed E-state index contributed by atoms with van der Waals surface area (Å²) in [6.07, 6.45) is 1.58. The molecule has 0 unspecified atom stereocenters. The van der Waals surface area contributed by atoms with E-state index in [4.69, 9.17) is 39.4 Å². The summed E-state index contributed by atoms with van der Waals surface area (Å²) >= 11 is 12.2. The van der Waals surface area contributed by atoms with Crippen molar-refractivity contribution in [3.63, 3.8) is 0 Å². The van der Waals surface area contributed by atoms with Gasteiger partial charge in [-0.3, -0.25) is 0 Å². The Morgan fingerprint density at radius 2 is 1.91 bits per heavy atom. The minimum Gasteiger partial charge on any atom is -1.00 e. The van der Waals surface area contributed by atoms with Crippen LogP contribution in [0.1, 0.15) is 11.1 Å². The molecule has 0 saturated heterocycles. The summed E-state index contributed by atoms with van der Waals surface area (Å²) in [5, 5.41) is 7.38. The lowest BCUT2D eigenvalue weighted by molar-refractivity contribution is -0.456. The Hall–Kier alpha value is -1.95. The zero-order valence-corrected chi connectivity index (χ0v) is 14.2. The molecule has 8 heteroatoms. The molecule has 2 aromatic rings. The number of benzene rings is 2. The molecule has 0 amide bonds. The van der Waals surface area contributed by atoms with Gasteiger partial charge in [-0.15, -0.1) is 5.10 Å². The number of hydrogen-bond acceptors (Lipinski definition) is 2. The fraction of sp³-hybridized carbons (Fsp3) is 0.0667. The van der Waals surface area contributed by atoms with Gasteiger partial charge in [0.2, 0.25) is 6.21 Å². The van der Waals surface area contributed by atoms with Gasteiger partial charge in [-0.05, 0) is 29.8 Å². The Morgan fingerprint density at radius 3 is 2.61 bits per heavy atom. The summed E-state index contributed by atoms with van der Waals surface area (Å²) in [7, 11) is 0. The SMILES string of the molecule is NC(N)=N/[NH+]=C/c1cccc(OCc2cccc(Cl)c2)c1Cl.[Cl-]. The number of hydrogen-bond donors (Lipinski definition) is 3. The lowest BCUT2D eigenvalue weighted by Gasteiger charge is -2.09. The van der Waals surface area contributed by atoms with E-state index in [0.29, 0.717) is 28.0 Å². The molecule has 0 saturated carbocycles. The topological polar surface area (TPSA) is 87.6 Å². The van der Waals surface area contributed by atoms with Crippen molar-refractivity contribution in [3.8, 4) is 5.75 Å². The highest BCUT2D eigenvalue weighted by Crippen LogP contribution is 2.27. The summed E-state index contributed by atoms with van der Waals surface area (Å²) in [4.78, 5) is 0. The Balaban J connectivity index is 0.00000264. The van der Waals surface area contributed by atoms with E-state index in [0.717, 1.165) is 5.56 Å². The second kappa shape index (κ2) is 9.25. The van der Waals surface area contributed by atoms with Gasteiger partial charge in [0.15, 0.2) is 0 Å². The van der Waals surface area contributed by atoms with Gasteiger partial charge in [0.05, 0.1) is 10.6 Å². The minimum atomic E-state index is -0.0688. The van der Waals surface area contributed by atoms with Gasteiger partial charge in [-0.2, -0.15) is 0 Å². The van der Waals surface area contributed by atoms with E-state index in [1.807, 2.05) is 36.4 Å². The predicted octanol–water partition coefficient (Wildman–Crippen LogP) is -1.74. The van der Waals surface area contributed by atoms with Crippen LogP contribution < -0.4 is 33.7 Å². The third-order valence-corrected chi connectivity index (χ3v) is 3.33. The highest BCUT2D eigenvalue weighted by Gasteiger charge is 2.08. The first-order valence-corrected chi connectivity index (χ1v) is 7.15. The first-order chi connectivity index (χ1) is 10.6. The van der Waals surface area contributed by atoms with Gasteiger partial charge in [-0.1, -0.05) is 41.4 Å². The molecule has 23 heavy (non-hydrogen) atoms. The fourth-order valence-corrected chi connectivity index (χ4v) is 2.16. The molecule has 122 valence electrons. The van der Waals surface area contributed by atoms with Crippen molar-refractivity contribution in [2.75, 3.05) is 0 Å². The van der Waals surface area contributed by atoms with Gasteiger partial charge < -0.3 is 28.6 Å². The van der Waals surface area contributed by atoms with E-state index in [9.17, 15) is 0 Å².